The number of aliphatic carboxylic acids is 1. The molecule has 0 aliphatic rings. The summed E-state index contributed by atoms with van der Waals surface area (Å²) in [6.07, 6.45) is 6.56. The van der Waals surface area contributed by atoms with Crippen molar-refractivity contribution in [1.29, 1.82) is 0 Å². The van der Waals surface area contributed by atoms with Gasteiger partial charge in [0.2, 0.25) is 0 Å². The molecule has 0 aromatic heterocycles. The summed E-state index contributed by atoms with van der Waals surface area (Å²) in [6, 6.07) is 0. The molecule has 1 unspecified atom stereocenters. The average Bonchev–Trinajstić information content (AvgIpc) is 2.16. The van der Waals surface area contributed by atoms with E-state index in [1.165, 1.54) is 5.57 Å². The van der Waals surface area contributed by atoms with E-state index in [1.54, 1.807) is 13.0 Å². The molecule has 16 heavy (non-hydrogen) atoms. The van der Waals surface area contributed by atoms with E-state index < -0.39 is 11.6 Å². The van der Waals surface area contributed by atoms with Crippen LogP contribution >= 0.6 is 0 Å². The molecular weight excluding hydrogens is 204 g/mol. The second kappa shape index (κ2) is 9.16. The van der Waals surface area contributed by atoms with Crippen molar-refractivity contribution in [2.75, 3.05) is 0 Å². The fourth-order valence-electron chi connectivity index (χ4n) is 0.857. The molecule has 94 valence electrons. The third-order valence-electron chi connectivity index (χ3n) is 2.14. The van der Waals surface area contributed by atoms with Gasteiger partial charge in [0.05, 0.1) is 5.60 Å². The minimum atomic E-state index is -0.833. The molecule has 0 spiro atoms. The number of rotatable bonds is 5. The van der Waals surface area contributed by atoms with Crippen LogP contribution in [-0.4, -0.2) is 21.8 Å². The van der Waals surface area contributed by atoms with Crippen molar-refractivity contribution in [2.24, 2.45) is 0 Å². The summed E-state index contributed by atoms with van der Waals surface area (Å²) in [5, 5.41) is 17.0. The van der Waals surface area contributed by atoms with E-state index in [0.717, 1.165) is 26.2 Å². The minimum absolute atomic E-state index is 0.704. The molecule has 0 heterocycles. The van der Waals surface area contributed by atoms with Crippen LogP contribution in [0.2, 0.25) is 0 Å². The first kappa shape index (κ1) is 17.3. The van der Waals surface area contributed by atoms with Gasteiger partial charge in [0.25, 0.3) is 5.97 Å². The van der Waals surface area contributed by atoms with Crippen LogP contribution in [0.5, 0.6) is 0 Å². The monoisotopic (exact) mass is 228 g/mol. The van der Waals surface area contributed by atoms with E-state index in [2.05, 4.69) is 26.5 Å². The fraction of sp³-hybridized carbons (Fsp3) is 0.615. The zero-order valence-electron chi connectivity index (χ0n) is 10.8. The van der Waals surface area contributed by atoms with Gasteiger partial charge in [-0.25, -0.2) is 0 Å². The Labute approximate surface area is 98.5 Å². The van der Waals surface area contributed by atoms with Crippen LogP contribution in [0.3, 0.4) is 0 Å². The molecule has 0 fully saturated rings. The first-order chi connectivity index (χ1) is 7.25. The average molecular weight is 228 g/mol. The van der Waals surface area contributed by atoms with Gasteiger partial charge in [0.15, 0.2) is 0 Å². The van der Waals surface area contributed by atoms with Crippen LogP contribution in [-0.2, 0) is 4.79 Å². The van der Waals surface area contributed by atoms with Crippen molar-refractivity contribution in [2.45, 2.75) is 52.6 Å². The molecular formula is C13H24O3. The Balaban J connectivity index is 0. The van der Waals surface area contributed by atoms with E-state index in [0.29, 0.717) is 0 Å². The zero-order valence-corrected chi connectivity index (χ0v) is 10.8. The van der Waals surface area contributed by atoms with Crippen molar-refractivity contribution < 1.29 is 15.0 Å². The molecule has 0 radical (unpaired) electrons. The lowest BCUT2D eigenvalue weighted by Crippen LogP contribution is -2.19. The summed E-state index contributed by atoms with van der Waals surface area (Å²) < 4.78 is 0. The predicted molar refractivity (Wildman–Crippen MR) is 67.4 cm³/mol. The van der Waals surface area contributed by atoms with Gasteiger partial charge in [-0.05, 0) is 33.1 Å². The Morgan fingerprint density at radius 3 is 2.19 bits per heavy atom. The molecule has 0 rings (SSSR count). The molecule has 3 heteroatoms. The van der Waals surface area contributed by atoms with Crippen LogP contribution in [0.15, 0.2) is 24.3 Å². The lowest BCUT2D eigenvalue weighted by atomic mass is 9.99. The van der Waals surface area contributed by atoms with Crippen LogP contribution in [0.1, 0.15) is 47.0 Å². The highest BCUT2D eigenvalue weighted by Gasteiger charge is 2.12. The van der Waals surface area contributed by atoms with Gasteiger partial charge in [-0.3, -0.25) is 4.79 Å². The molecule has 0 saturated heterocycles. The molecule has 0 bridgehead atoms. The summed E-state index contributed by atoms with van der Waals surface area (Å²) in [7, 11) is 0. The summed E-state index contributed by atoms with van der Waals surface area (Å²) >= 11 is 0. The van der Waals surface area contributed by atoms with E-state index in [-0.39, 0.29) is 0 Å². The topological polar surface area (TPSA) is 57.5 Å². The van der Waals surface area contributed by atoms with Gasteiger partial charge >= 0.3 is 0 Å². The molecule has 3 nitrogen and oxygen atoms in total. The maximum absolute atomic E-state index is 9.56. The quantitative estimate of drug-likeness (QED) is 0.711. The third kappa shape index (κ3) is 15.4. The molecule has 0 amide bonds. The Kier molecular flexibility index (Phi) is 9.91. The lowest BCUT2D eigenvalue weighted by Gasteiger charge is -2.16. The molecule has 2 N–H and O–H groups in total. The Hall–Kier alpha value is -1.09. The second-order valence-electron chi connectivity index (χ2n) is 4.02. The van der Waals surface area contributed by atoms with Gasteiger partial charge < -0.3 is 10.2 Å². The number of carbonyl (C=O) groups is 1. The number of allylic oxidation sites excluding steroid dienone is 2. The van der Waals surface area contributed by atoms with Gasteiger partial charge in [-0.15, -0.1) is 6.58 Å². The normalized spacial score (nSPS) is 14.4. The highest BCUT2D eigenvalue weighted by atomic mass is 16.4. The van der Waals surface area contributed by atoms with Gasteiger partial charge in [-0.1, -0.05) is 24.6 Å². The largest absolute Gasteiger partial charge is 0.481 e. The number of carboxylic acid groups (broad SMARTS) is 1. The van der Waals surface area contributed by atoms with Crippen molar-refractivity contribution in [3.05, 3.63) is 24.3 Å². The van der Waals surface area contributed by atoms with Crippen molar-refractivity contribution in [3.63, 3.8) is 0 Å². The van der Waals surface area contributed by atoms with E-state index >= 15 is 0 Å². The SMILES string of the molecule is C=CC(C)(O)CCC=C(C)CC.CC(=O)O. The van der Waals surface area contributed by atoms with Crippen LogP contribution in [0.4, 0.5) is 0 Å². The molecule has 0 aromatic carbocycles. The number of hydrogen-bond acceptors (Lipinski definition) is 2. The Morgan fingerprint density at radius 2 is 1.88 bits per heavy atom. The van der Waals surface area contributed by atoms with Crippen molar-refractivity contribution in [1.82, 2.24) is 0 Å². The van der Waals surface area contributed by atoms with E-state index in [4.69, 9.17) is 9.90 Å². The standard InChI is InChI=1S/C11H20O.C2H4O2/c1-5-10(3)8-7-9-11(4,12)6-2;1-2(3)4/h6,8,12H,2,5,7,9H2,1,3-4H3;1H3,(H,3,4). The molecule has 1 atom stereocenters. The molecule has 0 aliphatic heterocycles. The third-order valence-corrected chi connectivity index (χ3v) is 2.14. The van der Waals surface area contributed by atoms with E-state index in [1.807, 2.05) is 0 Å². The molecule has 0 saturated carbocycles. The maximum atomic E-state index is 9.56. The number of hydrogen-bond donors (Lipinski definition) is 2. The fourth-order valence-corrected chi connectivity index (χ4v) is 0.857. The zero-order chi connectivity index (χ0) is 13.2. The first-order valence-electron chi connectivity index (χ1n) is 5.46. The van der Waals surface area contributed by atoms with Gasteiger partial charge in [-0.2, -0.15) is 0 Å². The summed E-state index contributed by atoms with van der Waals surface area (Å²) in [5.41, 5.74) is 0.680. The minimum Gasteiger partial charge on any atom is -0.481 e. The van der Waals surface area contributed by atoms with Gasteiger partial charge in [0.1, 0.15) is 0 Å². The Morgan fingerprint density at radius 1 is 1.44 bits per heavy atom. The van der Waals surface area contributed by atoms with Crippen LogP contribution < -0.4 is 0 Å². The number of carboxylic acids is 1. The second-order valence-corrected chi connectivity index (χ2v) is 4.02. The number of aliphatic hydroxyl groups is 1. The van der Waals surface area contributed by atoms with Crippen molar-refractivity contribution >= 4 is 5.97 Å². The smallest absolute Gasteiger partial charge is 0.300 e. The summed E-state index contributed by atoms with van der Waals surface area (Å²) in [5.74, 6) is -0.833. The highest BCUT2D eigenvalue weighted by molar-refractivity contribution is 5.62. The Bertz CT molecular complexity index is 236. The maximum Gasteiger partial charge on any atom is 0.300 e. The van der Waals surface area contributed by atoms with Gasteiger partial charge in [0, 0.05) is 6.92 Å². The van der Waals surface area contributed by atoms with Crippen LogP contribution in [0.25, 0.3) is 0 Å². The highest BCUT2D eigenvalue weighted by Crippen LogP contribution is 2.14. The summed E-state index contributed by atoms with van der Waals surface area (Å²) in [6.45, 7) is 10.7. The molecule has 0 aliphatic carbocycles. The molecule has 0 aromatic rings. The lowest BCUT2D eigenvalue weighted by molar-refractivity contribution is -0.134. The first-order valence-corrected chi connectivity index (χ1v) is 5.46. The predicted octanol–water partition coefficient (Wildman–Crippen LogP) is 3.15. The van der Waals surface area contributed by atoms with Crippen molar-refractivity contribution in [3.8, 4) is 0 Å². The van der Waals surface area contributed by atoms with Crippen LogP contribution in [0, 0.1) is 0 Å². The van der Waals surface area contributed by atoms with E-state index in [9.17, 15) is 5.11 Å². The summed E-state index contributed by atoms with van der Waals surface area (Å²) in [4.78, 5) is 9.00.